The maximum absolute atomic E-state index is 14.0. The van der Waals surface area contributed by atoms with E-state index in [1.54, 1.807) is 19.2 Å². The van der Waals surface area contributed by atoms with Crippen LogP contribution in [0.4, 0.5) is 4.39 Å². The quantitative estimate of drug-likeness (QED) is 0.671. The molecule has 1 unspecified atom stereocenters. The molecule has 0 amide bonds. The van der Waals surface area contributed by atoms with Crippen LogP contribution in [0.15, 0.2) is 46.9 Å². The van der Waals surface area contributed by atoms with Gasteiger partial charge < -0.3 is 4.74 Å². The molecule has 19 heavy (non-hydrogen) atoms. The lowest BCUT2D eigenvalue weighted by molar-refractivity contribution is 0.403. The van der Waals surface area contributed by atoms with Crippen molar-refractivity contribution >= 4 is 15.9 Å². The van der Waals surface area contributed by atoms with E-state index >= 15 is 0 Å². The smallest absolute Gasteiger partial charge is 0.129 e. The van der Waals surface area contributed by atoms with Crippen molar-refractivity contribution in [2.75, 3.05) is 7.11 Å². The molecule has 0 radical (unpaired) electrons. The van der Waals surface area contributed by atoms with Crippen molar-refractivity contribution in [3.63, 3.8) is 0 Å². The van der Waals surface area contributed by atoms with E-state index in [0.29, 0.717) is 15.8 Å². The highest BCUT2D eigenvalue weighted by molar-refractivity contribution is 9.10. The standard InChI is InChI=1S/C14H14BrFN2O/c1-19-13-5-3-2-4-11(13)14(18-17)10-7-6-9(15)8-12(10)16/h2-8,14,18H,17H2,1H3. The lowest BCUT2D eigenvalue weighted by Gasteiger charge is -2.20. The fourth-order valence-electron chi connectivity index (χ4n) is 1.99. The van der Waals surface area contributed by atoms with Gasteiger partial charge in [0, 0.05) is 15.6 Å². The summed E-state index contributed by atoms with van der Waals surface area (Å²) in [6.07, 6.45) is 0. The number of nitrogens with one attached hydrogen (secondary N) is 1. The van der Waals surface area contributed by atoms with E-state index in [4.69, 9.17) is 10.6 Å². The zero-order valence-electron chi connectivity index (χ0n) is 10.4. The number of rotatable bonds is 4. The van der Waals surface area contributed by atoms with E-state index in [1.165, 1.54) is 6.07 Å². The summed E-state index contributed by atoms with van der Waals surface area (Å²) in [5.74, 6) is 5.91. The molecule has 2 aromatic carbocycles. The van der Waals surface area contributed by atoms with Crippen molar-refractivity contribution in [3.05, 3.63) is 63.9 Å². The lowest BCUT2D eigenvalue weighted by Crippen LogP contribution is -2.29. The Kier molecular flexibility index (Phi) is 4.52. The first kappa shape index (κ1) is 14.0. The summed E-state index contributed by atoms with van der Waals surface area (Å²) in [5, 5.41) is 0. The minimum absolute atomic E-state index is 0.330. The molecule has 0 spiro atoms. The highest BCUT2D eigenvalue weighted by Crippen LogP contribution is 2.31. The summed E-state index contributed by atoms with van der Waals surface area (Å²) in [7, 11) is 1.57. The maximum atomic E-state index is 14.0. The molecule has 0 aromatic heterocycles. The van der Waals surface area contributed by atoms with Gasteiger partial charge in [-0.2, -0.15) is 0 Å². The second-order valence-electron chi connectivity index (χ2n) is 4.01. The molecular formula is C14H14BrFN2O. The third kappa shape index (κ3) is 2.94. The monoisotopic (exact) mass is 324 g/mol. The molecule has 0 aliphatic carbocycles. The van der Waals surface area contributed by atoms with Gasteiger partial charge in [-0.1, -0.05) is 40.2 Å². The number of nitrogens with two attached hydrogens (primary N) is 1. The number of ether oxygens (including phenoxy) is 1. The molecule has 0 saturated carbocycles. The van der Waals surface area contributed by atoms with Crippen LogP contribution in [0.3, 0.4) is 0 Å². The predicted molar refractivity (Wildman–Crippen MR) is 76.3 cm³/mol. The number of para-hydroxylation sites is 1. The number of hydrazine groups is 1. The molecule has 1 atom stereocenters. The van der Waals surface area contributed by atoms with E-state index in [9.17, 15) is 4.39 Å². The molecule has 2 rings (SSSR count). The Morgan fingerprint density at radius 3 is 2.58 bits per heavy atom. The molecule has 0 aliphatic rings. The molecule has 3 nitrogen and oxygen atoms in total. The van der Waals surface area contributed by atoms with Crippen molar-refractivity contribution < 1.29 is 9.13 Å². The summed E-state index contributed by atoms with van der Waals surface area (Å²) >= 11 is 3.24. The molecule has 0 fully saturated rings. The lowest BCUT2D eigenvalue weighted by atomic mass is 9.98. The normalized spacial score (nSPS) is 12.2. The minimum Gasteiger partial charge on any atom is -0.496 e. The van der Waals surface area contributed by atoms with Gasteiger partial charge in [-0.15, -0.1) is 0 Å². The second-order valence-corrected chi connectivity index (χ2v) is 4.92. The average molecular weight is 325 g/mol. The van der Waals surface area contributed by atoms with Crippen LogP contribution in [-0.2, 0) is 0 Å². The van der Waals surface area contributed by atoms with Crippen LogP contribution in [-0.4, -0.2) is 7.11 Å². The van der Waals surface area contributed by atoms with E-state index in [2.05, 4.69) is 21.4 Å². The number of methoxy groups -OCH3 is 1. The van der Waals surface area contributed by atoms with Crippen LogP contribution in [0, 0.1) is 5.82 Å². The van der Waals surface area contributed by atoms with Gasteiger partial charge in [0.05, 0.1) is 13.2 Å². The third-order valence-corrected chi connectivity index (χ3v) is 3.38. The van der Waals surface area contributed by atoms with Crippen LogP contribution in [0.1, 0.15) is 17.2 Å². The van der Waals surface area contributed by atoms with Gasteiger partial charge in [0.2, 0.25) is 0 Å². The second kappa shape index (κ2) is 6.14. The number of halogens is 2. The Balaban J connectivity index is 2.50. The van der Waals surface area contributed by atoms with E-state index in [-0.39, 0.29) is 5.82 Å². The Hall–Kier alpha value is -1.43. The van der Waals surface area contributed by atoms with Gasteiger partial charge in [0.25, 0.3) is 0 Å². The van der Waals surface area contributed by atoms with Crippen LogP contribution in [0.25, 0.3) is 0 Å². The van der Waals surface area contributed by atoms with Gasteiger partial charge in [-0.05, 0) is 18.2 Å². The van der Waals surface area contributed by atoms with Gasteiger partial charge >= 0.3 is 0 Å². The van der Waals surface area contributed by atoms with Crippen molar-refractivity contribution in [1.82, 2.24) is 5.43 Å². The van der Waals surface area contributed by atoms with Gasteiger partial charge in [-0.3, -0.25) is 5.84 Å². The zero-order chi connectivity index (χ0) is 13.8. The van der Waals surface area contributed by atoms with Crippen LogP contribution < -0.4 is 16.0 Å². The Bertz CT molecular complexity index is 577. The number of benzene rings is 2. The minimum atomic E-state index is -0.468. The molecule has 100 valence electrons. The first-order valence-electron chi connectivity index (χ1n) is 5.71. The molecule has 3 N–H and O–H groups in total. The first-order valence-corrected chi connectivity index (χ1v) is 6.50. The molecule has 0 heterocycles. The summed E-state index contributed by atoms with van der Waals surface area (Å²) in [4.78, 5) is 0. The average Bonchev–Trinajstić information content (AvgIpc) is 2.42. The fraction of sp³-hybridized carbons (Fsp3) is 0.143. The molecular weight excluding hydrogens is 311 g/mol. The third-order valence-electron chi connectivity index (χ3n) is 2.89. The van der Waals surface area contributed by atoms with Crippen LogP contribution in [0.2, 0.25) is 0 Å². The highest BCUT2D eigenvalue weighted by Gasteiger charge is 2.19. The number of hydrogen-bond donors (Lipinski definition) is 2. The summed E-state index contributed by atoms with van der Waals surface area (Å²) in [6.45, 7) is 0. The van der Waals surface area contributed by atoms with Gasteiger partial charge in [0.1, 0.15) is 11.6 Å². The maximum Gasteiger partial charge on any atom is 0.129 e. The van der Waals surface area contributed by atoms with Crippen molar-refractivity contribution in [3.8, 4) is 5.75 Å². The highest BCUT2D eigenvalue weighted by atomic mass is 79.9. The van der Waals surface area contributed by atoms with Crippen molar-refractivity contribution in [2.45, 2.75) is 6.04 Å². The van der Waals surface area contributed by atoms with Gasteiger partial charge in [0.15, 0.2) is 0 Å². The zero-order valence-corrected chi connectivity index (χ0v) is 11.9. The van der Waals surface area contributed by atoms with E-state index < -0.39 is 6.04 Å². The van der Waals surface area contributed by atoms with E-state index in [0.717, 1.165) is 5.56 Å². The molecule has 0 bridgehead atoms. The molecule has 0 aliphatic heterocycles. The van der Waals surface area contributed by atoms with Crippen molar-refractivity contribution in [2.24, 2.45) is 5.84 Å². The Morgan fingerprint density at radius 1 is 1.21 bits per heavy atom. The summed E-state index contributed by atoms with van der Waals surface area (Å²) in [6, 6.07) is 11.8. The number of hydrogen-bond acceptors (Lipinski definition) is 3. The van der Waals surface area contributed by atoms with E-state index in [1.807, 2.05) is 24.3 Å². The SMILES string of the molecule is COc1ccccc1C(NN)c1ccc(Br)cc1F. The van der Waals surface area contributed by atoms with Crippen molar-refractivity contribution in [1.29, 1.82) is 0 Å². The topological polar surface area (TPSA) is 47.3 Å². The van der Waals surface area contributed by atoms with Crippen LogP contribution in [0.5, 0.6) is 5.75 Å². The fourth-order valence-corrected chi connectivity index (χ4v) is 2.32. The Morgan fingerprint density at radius 2 is 1.95 bits per heavy atom. The predicted octanol–water partition coefficient (Wildman–Crippen LogP) is 3.15. The summed E-state index contributed by atoms with van der Waals surface area (Å²) in [5.41, 5.74) is 3.89. The molecule has 2 aromatic rings. The van der Waals surface area contributed by atoms with Crippen LogP contribution >= 0.6 is 15.9 Å². The first-order chi connectivity index (χ1) is 9.17. The summed E-state index contributed by atoms with van der Waals surface area (Å²) < 4.78 is 20.0. The largest absolute Gasteiger partial charge is 0.496 e. The molecule has 5 heteroatoms. The Labute approximate surface area is 119 Å². The van der Waals surface area contributed by atoms with Gasteiger partial charge in [-0.25, -0.2) is 9.82 Å². The molecule has 0 saturated heterocycles.